The molecule has 0 aliphatic heterocycles. The zero-order valence-corrected chi connectivity index (χ0v) is 11.7. The van der Waals surface area contributed by atoms with Gasteiger partial charge in [-0.15, -0.1) is 0 Å². The van der Waals surface area contributed by atoms with Crippen LogP contribution in [0.3, 0.4) is 0 Å². The Morgan fingerprint density at radius 3 is 2.73 bits per heavy atom. The molecule has 0 saturated heterocycles. The Bertz CT molecular complexity index is 689. The van der Waals surface area contributed by atoms with Gasteiger partial charge in [0.05, 0.1) is 6.61 Å². The summed E-state index contributed by atoms with van der Waals surface area (Å²) < 4.78 is 46.1. The maximum Gasteiger partial charge on any atom is 0.422 e. The van der Waals surface area contributed by atoms with E-state index < -0.39 is 24.5 Å². The van der Waals surface area contributed by atoms with Crippen LogP contribution in [-0.4, -0.2) is 30.3 Å². The molecule has 0 aliphatic carbocycles. The van der Waals surface area contributed by atoms with E-state index in [9.17, 15) is 18.0 Å². The van der Waals surface area contributed by atoms with Gasteiger partial charge in [-0.3, -0.25) is 0 Å². The summed E-state index contributed by atoms with van der Waals surface area (Å²) in [6.45, 7) is 0.0532. The van der Waals surface area contributed by atoms with Crippen molar-refractivity contribution in [2.75, 3.05) is 13.2 Å². The molecule has 0 radical (unpaired) electrons. The normalized spacial score (nSPS) is 12.5. The third-order valence-corrected chi connectivity index (χ3v) is 2.74. The first-order chi connectivity index (χ1) is 10.4. The number of alkyl halides is 3. The van der Waals surface area contributed by atoms with Crippen molar-refractivity contribution in [3.8, 4) is 0 Å². The maximum atomic E-state index is 12.3. The second kappa shape index (κ2) is 6.55. The number of hydrogen-bond donors (Lipinski definition) is 1. The van der Waals surface area contributed by atoms with Gasteiger partial charge in [-0.1, -0.05) is 6.07 Å². The van der Waals surface area contributed by atoms with E-state index in [1.165, 1.54) is 6.08 Å². The smallest absolute Gasteiger partial charge is 0.422 e. The van der Waals surface area contributed by atoms with E-state index in [4.69, 9.17) is 4.74 Å². The minimum atomic E-state index is -4.53. The summed E-state index contributed by atoms with van der Waals surface area (Å²) in [5.41, 5.74) is 1.42. The van der Waals surface area contributed by atoms with Gasteiger partial charge in [0.15, 0.2) is 6.61 Å². The summed E-state index contributed by atoms with van der Waals surface area (Å²) in [4.78, 5) is 14.7. The van der Waals surface area contributed by atoms with Gasteiger partial charge in [0, 0.05) is 11.7 Å². The number of H-pyrrole nitrogens is 1. The molecule has 118 valence electrons. The number of fused-ring (bicyclic) bond motifs is 1. The summed E-state index contributed by atoms with van der Waals surface area (Å²) in [5, 5.41) is 0.868. The summed E-state index contributed by atoms with van der Waals surface area (Å²) in [6, 6.07) is 6.96. The second-order valence-corrected chi connectivity index (χ2v) is 4.46. The Hall–Kier alpha value is -2.44. The van der Waals surface area contributed by atoms with E-state index in [1.807, 2.05) is 6.07 Å². The maximum absolute atomic E-state index is 12.3. The Morgan fingerprint density at radius 1 is 1.27 bits per heavy atom. The number of rotatable bonds is 5. The van der Waals surface area contributed by atoms with Gasteiger partial charge in [-0.2, -0.15) is 13.2 Å². The Labute approximate surface area is 124 Å². The van der Waals surface area contributed by atoms with Gasteiger partial charge in [0.1, 0.15) is 0 Å². The number of esters is 1. The van der Waals surface area contributed by atoms with E-state index in [-0.39, 0.29) is 6.61 Å². The minimum Gasteiger partial charge on any atom is -0.477 e. The number of aromatic nitrogens is 1. The molecule has 1 N–H and O–H groups in total. The molecule has 1 aromatic heterocycles. The van der Waals surface area contributed by atoms with Crippen molar-refractivity contribution in [1.82, 2.24) is 4.98 Å². The van der Waals surface area contributed by atoms with E-state index in [1.54, 1.807) is 31.3 Å². The van der Waals surface area contributed by atoms with Gasteiger partial charge < -0.3 is 14.5 Å². The quantitative estimate of drug-likeness (QED) is 0.521. The fourth-order valence-electron chi connectivity index (χ4n) is 1.83. The molecule has 1 heterocycles. The molecule has 0 aliphatic rings. The van der Waals surface area contributed by atoms with Crippen LogP contribution in [0.4, 0.5) is 13.2 Å². The number of halogens is 3. The van der Waals surface area contributed by atoms with Crippen molar-refractivity contribution in [2.45, 2.75) is 13.1 Å². The zero-order chi connectivity index (χ0) is 16.2. The molecular weight excluding hydrogens is 299 g/mol. The van der Waals surface area contributed by atoms with Crippen molar-refractivity contribution in [3.63, 3.8) is 0 Å². The number of carbonyl (C=O) groups is 1. The molecule has 4 nitrogen and oxygen atoms in total. The molecule has 0 unspecified atom stereocenters. The van der Waals surface area contributed by atoms with E-state index in [2.05, 4.69) is 9.72 Å². The fourth-order valence-corrected chi connectivity index (χ4v) is 1.83. The number of nitrogens with one attached hydrogen (secondary N) is 1. The molecule has 2 aromatic rings. The average Bonchev–Trinajstić information content (AvgIpc) is 2.90. The molecule has 2 rings (SSSR count). The zero-order valence-electron chi connectivity index (χ0n) is 11.7. The molecule has 0 amide bonds. The highest BCUT2D eigenvalue weighted by atomic mass is 19.4. The molecule has 0 spiro atoms. The molecular formula is C15H14F3NO3. The number of benzene rings is 1. The predicted octanol–water partition coefficient (Wildman–Crippen LogP) is 3.65. The molecule has 22 heavy (non-hydrogen) atoms. The van der Waals surface area contributed by atoms with Crippen molar-refractivity contribution >= 4 is 22.9 Å². The predicted molar refractivity (Wildman–Crippen MR) is 74.9 cm³/mol. The lowest BCUT2D eigenvalue weighted by Gasteiger charge is -2.11. The number of hydrogen-bond acceptors (Lipinski definition) is 3. The van der Waals surface area contributed by atoms with Crippen molar-refractivity contribution in [2.24, 2.45) is 0 Å². The van der Waals surface area contributed by atoms with Crippen molar-refractivity contribution < 1.29 is 27.4 Å². The molecule has 0 atom stereocenters. The molecule has 7 heteroatoms. The largest absolute Gasteiger partial charge is 0.477 e. The Kier molecular flexibility index (Phi) is 4.75. The highest BCUT2D eigenvalue weighted by Gasteiger charge is 2.30. The molecule has 0 bridgehead atoms. The SMILES string of the molecule is CCOC(=O)/C(=C\c1ccc2[nH]ccc2c1)OCC(F)(F)F. The van der Waals surface area contributed by atoms with Crippen LogP contribution in [0.2, 0.25) is 0 Å². The molecule has 1 aromatic carbocycles. The third-order valence-electron chi connectivity index (χ3n) is 2.74. The van der Waals surface area contributed by atoms with Crippen LogP contribution in [0.5, 0.6) is 0 Å². The summed E-state index contributed by atoms with van der Waals surface area (Å²) in [6.07, 6.45) is -1.56. The van der Waals surface area contributed by atoms with Gasteiger partial charge in [0.25, 0.3) is 0 Å². The lowest BCUT2D eigenvalue weighted by molar-refractivity contribution is -0.170. The van der Waals surface area contributed by atoms with Crippen LogP contribution in [0.15, 0.2) is 36.2 Å². The first kappa shape index (κ1) is 15.9. The van der Waals surface area contributed by atoms with Crippen LogP contribution in [0.1, 0.15) is 12.5 Å². The molecule has 0 fully saturated rings. The van der Waals surface area contributed by atoms with Crippen LogP contribution < -0.4 is 0 Å². The van der Waals surface area contributed by atoms with E-state index in [0.29, 0.717) is 5.56 Å². The minimum absolute atomic E-state index is 0.0440. The van der Waals surface area contributed by atoms with Crippen LogP contribution in [0.25, 0.3) is 17.0 Å². The van der Waals surface area contributed by atoms with Crippen LogP contribution in [-0.2, 0) is 14.3 Å². The Morgan fingerprint density at radius 2 is 2.05 bits per heavy atom. The van der Waals surface area contributed by atoms with Gasteiger partial charge in [0.2, 0.25) is 5.76 Å². The van der Waals surface area contributed by atoms with Crippen molar-refractivity contribution in [1.29, 1.82) is 0 Å². The van der Waals surface area contributed by atoms with E-state index >= 15 is 0 Å². The van der Waals surface area contributed by atoms with Crippen LogP contribution in [0, 0.1) is 0 Å². The molecule has 0 saturated carbocycles. The number of ether oxygens (including phenoxy) is 2. The van der Waals surface area contributed by atoms with Gasteiger partial charge in [-0.05, 0) is 42.1 Å². The standard InChI is InChI=1S/C15H14F3NO3/c1-2-21-14(20)13(22-9-15(16,17)18)8-10-3-4-12-11(7-10)5-6-19-12/h3-8,19H,2,9H2,1H3/b13-8+. The lowest BCUT2D eigenvalue weighted by Crippen LogP contribution is -2.20. The summed E-state index contributed by atoms with van der Waals surface area (Å²) in [5.74, 6) is -1.41. The average molecular weight is 313 g/mol. The van der Waals surface area contributed by atoms with Crippen molar-refractivity contribution in [3.05, 3.63) is 41.8 Å². The first-order valence-corrected chi connectivity index (χ1v) is 6.54. The van der Waals surface area contributed by atoms with E-state index in [0.717, 1.165) is 10.9 Å². The fraction of sp³-hybridized carbons (Fsp3) is 0.267. The number of aromatic amines is 1. The first-order valence-electron chi connectivity index (χ1n) is 6.54. The topological polar surface area (TPSA) is 51.3 Å². The summed E-state index contributed by atoms with van der Waals surface area (Å²) in [7, 11) is 0. The second-order valence-electron chi connectivity index (χ2n) is 4.46. The van der Waals surface area contributed by atoms with Gasteiger partial charge >= 0.3 is 12.1 Å². The van der Waals surface area contributed by atoms with Crippen LogP contribution >= 0.6 is 0 Å². The number of carbonyl (C=O) groups excluding carboxylic acids is 1. The Balaban J connectivity index is 2.27. The highest BCUT2D eigenvalue weighted by Crippen LogP contribution is 2.20. The third kappa shape index (κ3) is 4.28. The summed E-state index contributed by atoms with van der Waals surface area (Å²) >= 11 is 0. The lowest BCUT2D eigenvalue weighted by atomic mass is 10.1. The highest BCUT2D eigenvalue weighted by molar-refractivity contribution is 5.92. The van der Waals surface area contributed by atoms with Gasteiger partial charge in [-0.25, -0.2) is 4.79 Å². The monoisotopic (exact) mass is 313 g/mol.